The van der Waals surface area contributed by atoms with Crippen molar-refractivity contribution in [1.29, 1.82) is 0 Å². The van der Waals surface area contributed by atoms with Crippen LogP contribution in [0, 0.1) is 18.6 Å². The second-order valence-corrected chi connectivity index (χ2v) is 4.46. The maximum atomic E-state index is 13.5. The lowest BCUT2D eigenvalue weighted by Gasteiger charge is -2.13. The molecule has 0 spiro atoms. The highest BCUT2D eigenvalue weighted by Gasteiger charge is 2.11. The van der Waals surface area contributed by atoms with Crippen LogP contribution >= 0.6 is 0 Å². The first kappa shape index (κ1) is 12.7. The molecule has 0 saturated carbocycles. The van der Waals surface area contributed by atoms with Crippen LogP contribution in [0.3, 0.4) is 0 Å². The van der Waals surface area contributed by atoms with Gasteiger partial charge in [-0.15, -0.1) is 0 Å². The van der Waals surface area contributed by atoms with Crippen molar-refractivity contribution in [3.8, 4) is 0 Å². The minimum absolute atomic E-state index is 0.285. The van der Waals surface area contributed by atoms with E-state index < -0.39 is 11.6 Å². The van der Waals surface area contributed by atoms with Crippen molar-refractivity contribution in [3.05, 3.63) is 70.8 Å². The van der Waals surface area contributed by atoms with E-state index in [1.165, 1.54) is 6.07 Å². The van der Waals surface area contributed by atoms with E-state index in [9.17, 15) is 8.78 Å². The van der Waals surface area contributed by atoms with Gasteiger partial charge in [-0.3, -0.25) is 0 Å². The molecule has 2 rings (SSSR count). The Bertz CT molecular complexity index is 552. The summed E-state index contributed by atoms with van der Waals surface area (Å²) in [7, 11) is 0. The van der Waals surface area contributed by atoms with Crippen molar-refractivity contribution in [2.45, 2.75) is 19.4 Å². The summed E-state index contributed by atoms with van der Waals surface area (Å²) in [6, 6.07) is 10.8. The minimum atomic E-state index is -0.442. The summed E-state index contributed by atoms with van der Waals surface area (Å²) in [5.74, 6) is -0.859. The fourth-order valence-corrected chi connectivity index (χ4v) is 1.96. The third-order valence-corrected chi connectivity index (χ3v) is 2.92. The summed E-state index contributed by atoms with van der Waals surface area (Å²) in [4.78, 5) is 0. The van der Waals surface area contributed by atoms with Gasteiger partial charge in [0.15, 0.2) is 0 Å². The Morgan fingerprint density at radius 3 is 2.61 bits per heavy atom. The predicted octanol–water partition coefficient (Wildman–Crippen LogP) is 3.52. The monoisotopic (exact) mass is 247 g/mol. The molecule has 2 N–H and O–H groups in total. The quantitative estimate of drug-likeness (QED) is 0.882. The topological polar surface area (TPSA) is 26.0 Å². The predicted molar refractivity (Wildman–Crippen MR) is 68.2 cm³/mol. The van der Waals surface area contributed by atoms with Crippen LogP contribution in [-0.4, -0.2) is 0 Å². The van der Waals surface area contributed by atoms with Gasteiger partial charge in [0.2, 0.25) is 0 Å². The molecule has 0 fully saturated rings. The Morgan fingerprint density at radius 2 is 1.89 bits per heavy atom. The number of hydrogen-bond acceptors (Lipinski definition) is 1. The van der Waals surface area contributed by atoms with Crippen LogP contribution in [0.15, 0.2) is 42.5 Å². The summed E-state index contributed by atoms with van der Waals surface area (Å²) in [6.45, 7) is 1.97. The van der Waals surface area contributed by atoms with Crippen molar-refractivity contribution in [2.24, 2.45) is 5.73 Å². The van der Waals surface area contributed by atoms with Gasteiger partial charge >= 0.3 is 0 Å². The molecule has 0 bridgehead atoms. The van der Waals surface area contributed by atoms with Crippen LogP contribution in [0.1, 0.15) is 22.7 Å². The molecule has 0 aliphatic heterocycles. The SMILES string of the molecule is Cc1cccc(C(N)Cc2cc(F)ccc2F)c1. The first-order valence-electron chi connectivity index (χ1n) is 5.82. The highest BCUT2D eigenvalue weighted by Crippen LogP contribution is 2.19. The molecule has 0 amide bonds. The highest BCUT2D eigenvalue weighted by atomic mass is 19.1. The van der Waals surface area contributed by atoms with E-state index in [2.05, 4.69) is 0 Å². The standard InChI is InChI=1S/C15H15F2N/c1-10-3-2-4-11(7-10)15(18)9-12-8-13(16)5-6-14(12)17/h2-8,15H,9,18H2,1H3. The molecule has 1 nitrogen and oxygen atoms in total. The maximum absolute atomic E-state index is 13.5. The van der Waals surface area contributed by atoms with E-state index in [4.69, 9.17) is 5.73 Å². The molecule has 0 saturated heterocycles. The van der Waals surface area contributed by atoms with E-state index >= 15 is 0 Å². The smallest absolute Gasteiger partial charge is 0.126 e. The Labute approximate surface area is 105 Å². The third-order valence-electron chi connectivity index (χ3n) is 2.92. The van der Waals surface area contributed by atoms with Gasteiger partial charge in [0.25, 0.3) is 0 Å². The molecule has 0 aliphatic carbocycles. The molecule has 1 unspecified atom stereocenters. The molecule has 18 heavy (non-hydrogen) atoms. The second kappa shape index (κ2) is 5.27. The van der Waals surface area contributed by atoms with E-state index in [0.29, 0.717) is 5.56 Å². The molecule has 0 radical (unpaired) electrons. The number of rotatable bonds is 3. The normalized spacial score (nSPS) is 12.4. The highest BCUT2D eigenvalue weighted by molar-refractivity contribution is 5.28. The van der Waals surface area contributed by atoms with Crippen LogP contribution < -0.4 is 5.73 Å². The molecule has 1 atom stereocenters. The molecule has 0 aliphatic rings. The van der Waals surface area contributed by atoms with Gasteiger partial charge in [-0.25, -0.2) is 8.78 Å². The van der Waals surface area contributed by atoms with Crippen molar-refractivity contribution in [1.82, 2.24) is 0 Å². The van der Waals surface area contributed by atoms with Gasteiger partial charge in [-0.2, -0.15) is 0 Å². The second-order valence-electron chi connectivity index (χ2n) is 4.46. The fourth-order valence-electron chi connectivity index (χ4n) is 1.96. The molecule has 94 valence electrons. The van der Waals surface area contributed by atoms with E-state index in [0.717, 1.165) is 23.3 Å². The van der Waals surface area contributed by atoms with Crippen LogP contribution in [0.5, 0.6) is 0 Å². The zero-order valence-electron chi connectivity index (χ0n) is 10.2. The minimum Gasteiger partial charge on any atom is -0.324 e. The summed E-state index contributed by atoms with van der Waals surface area (Å²) < 4.78 is 26.6. The zero-order chi connectivity index (χ0) is 13.1. The van der Waals surface area contributed by atoms with E-state index in [1.807, 2.05) is 31.2 Å². The van der Waals surface area contributed by atoms with Gasteiger partial charge < -0.3 is 5.73 Å². The summed E-state index contributed by atoms with van der Waals surface area (Å²) in [5.41, 5.74) is 8.36. The molecule has 2 aromatic carbocycles. The lowest BCUT2D eigenvalue weighted by atomic mass is 9.98. The van der Waals surface area contributed by atoms with Crippen molar-refractivity contribution in [2.75, 3.05) is 0 Å². The van der Waals surface area contributed by atoms with Gasteiger partial charge in [0.05, 0.1) is 0 Å². The maximum Gasteiger partial charge on any atom is 0.126 e. The van der Waals surface area contributed by atoms with Crippen LogP contribution in [-0.2, 0) is 6.42 Å². The average molecular weight is 247 g/mol. The Balaban J connectivity index is 2.21. The number of hydrogen-bond donors (Lipinski definition) is 1. The lowest BCUT2D eigenvalue weighted by molar-refractivity contribution is 0.572. The van der Waals surface area contributed by atoms with Gasteiger partial charge in [-0.05, 0) is 42.7 Å². The largest absolute Gasteiger partial charge is 0.324 e. The number of aryl methyl sites for hydroxylation is 1. The molecule has 2 aromatic rings. The first-order valence-corrected chi connectivity index (χ1v) is 5.82. The zero-order valence-corrected chi connectivity index (χ0v) is 10.2. The summed E-state index contributed by atoms with van der Waals surface area (Å²) in [6.07, 6.45) is 0.285. The molecule has 3 heteroatoms. The number of halogens is 2. The lowest BCUT2D eigenvalue weighted by Crippen LogP contribution is -2.14. The van der Waals surface area contributed by atoms with Crippen molar-refractivity contribution < 1.29 is 8.78 Å². The molecule has 0 heterocycles. The van der Waals surface area contributed by atoms with E-state index in [-0.39, 0.29) is 12.5 Å². The van der Waals surface area contributed by atoms with Crippen molar-refractivity contribution in [3.63, 3.8) is 0 Å². The Kier molecular flexibility index (Phi) is 3.72. The van der Waals surface area contributed by atoms with Gasteiger partial charge in [0, 0.05) is 6.04 Å². The molecule has 0 aromatic heterocycles. The number of benzene rings is 2. The fraction of sp³-hybridized carbons (Fsp3) is 0.200. The number of nitrogens with two attached hydrogens (primary N) is 1. The summed E-state index contributed by atoms with van der Waals surface area (Å²) >= 11 is 0. The molecular formula is C15H15F2N. The van der Waals surface area contributed by atoms with E-state index in [1.54, 1.807) is 0 Å². The first-order chi connectivity index (χ1) is 8.56. The third kappa shape index (κ3) is 2.93. The Morgan fingerprint density at radius 1 is 1.11 bits per heavy atom. The Hall–Kier alpha value is -1.74. The van der Waals surface area contributed by atoms with Crippen LogP contribution in [0.2, 0.25) is 0 Å². The van der Waals surface area contributed by atoms with Crippen LogP contribution in [0.4, 0.5) is 8.78 Å². The summed E-state index contributed by atoms with van der Waals surface area (Å²) in [5, 5.41) is 0. The molecular weight excluding hydrogens is 232 g/mol. The van der Waals surface area contributed by atoms with Crippen LogP contribution in [0.25, 0.3) is 0 Å². The van der Waals surface area contributed by atoms with Gasteiger partial charge in [0.1, 0.15) is 11.6 Å². The van der Waals surface area contributed by atoms with Crippen molar-refractivity contribution >= 4 is 0 Å². The van der Waals surface area contributed by atoms with Gasteiger partial charge in [-0.1, -0.05) is 29.8 Å². The average Bonchev–Trinajstić information content (AvgIpc) is 2.34.